The highest BCUT2D eigenvalue weighted by molar-refractivity contribution is 9.10. The van der Waals surface area contributed by atoms with Crippen molar-refractivity contribution in [1.82, 2.24) is 0 Å². The van der Waals surface area contributed by atoms with E-state index in [0.717, 1.165) is 15.7 Å². The highest BCUT2D eigenvalue weighted by Crippen LogP contribution is 2.21. The van der Waals surface area contributed by atoms with Gasteiger partial charge < -0.3 is 4.74 Å². The van der Waals surface area contributed by atoms with Gasteiger partial charge in [-0.05, 0) is 30.3 Å². The molecule has 0 spiro atoms. The van der Waals surface area contributed by atoms with Crippen LogP contribution >= 0.6 is 15.9 Å². The second-order valence-corrected chi connectivity index (χ2v) is 4.87. The minimum atomic E-state index is -0.349. The minimum absolute atomic E-state index is 0.349. The maximum absolute atomic E-state index is 10.9. The Labute approximate surface area is 125 Å². The summed E-state index contributed by atoms with van der Waals surface area (Å²) >= 11 is 3.42. The van der Waals surface area contributed by atoms with E-state index in [1.807, 2.05) is 36.4 Å². The summed E-state index contributed by atoms with van der Waals surface area (Å²) in [5.74, 6) is 0.138. The van der Waals surface area contributed by atoms with Gasteiger partial charge in [-0.1, -0.05) is 34.1 Å². The van der Waals surface area contributed by atoms with E-state index in [1.165, 1.54) is 6.92 Å². The third kappa shape index (κ3) is 4.20. The summed E-state index contributed by atoms with van der Waals surface area (Å²) in [4.78, 5) is 10.9. The van der Waals surface area contributed by atoms with E-state index in [2.05, 4.69) is 26.5 Å². The van der Waals surface area contributed by atoms with Gasteiger partial charge in [0.2, 0.25) is 0 Å². The normalized spacial score (nSPS) is 10.5. The molecule has 0 aliphatic heterocycles. The minimum Gasteiger partial charge on any atom is -0.427 e. The molecule has 0 saturated carbocycles. The summed E-state index contributed by atoms with van der Waals surface area (Å²) in [7, 11) is 0. The third-order valence-electron chi connectivity index (χ3n) is 2.40. The van der Waals surface area contributed by atoms with Crippen LogP contribution in [0, 0.1) is 0 Å². The highest BCUT2D eigenvalue weighted by atomic mass is 79.9. The molecule has 0 amide bonds. The zero-order valence-electron chi connectivity index (χ0n) is 10.8. The van der Waals surface area contributed by atoms with Crippen molar-refractivity contribution in [2.24, 2.45) is 5.10 Å². The predicted octanol–water partition coefficient (Wildman–Crippen LogP) is 3.82. The van der Waals surface area contributed by atoms with Crippen molar-refractivity contribution in [2.75, 3.05) is 5.43 Å². The fraction of sp³-hybridized carbons (Fsp3) is 0.0667. The smallest absolute Gasteiger partial charge is 0.308 e. The Morgan fingerprint density at radius 2 is 2.00 bits per heavy atom. The Balaban J connectivity index is 2.10. The summed E-state index contributed by atoms with van der Waals surface area (Å²) in [6.45, 7) is 1.37. The number of hydrazone groups is 1. The number of halogens is 1. The van der Waals surface area contributed by atoms with Crippen LogP contribution < -0.4 is 10.2 Å². The Hall–Kier alpha value is -2.14. The fourth-order valence-corrected chi connectivity index (χ4v) is 1.89. The van der Waals surface area contributed by atoms with Gasteiger partial charge in [0.1, 0.15) is 5.75 Å². The van der Waals surface area contributed by atoms with Crippen LogP contribution in [0.2, 0.25) is 0 Å². The summed E-state index contributed by atoms with van der Waals surface area (Å²) in [6.07, 6.45) is 1.66. The average Bonchev–Trinajstić information content (AvgIpc) is 2.43. The van der Waals surface area contributed by atoms with Gasteiger partial charge in [0.25, 0.3) is 0 Å². The summed E-state index contributed by atoms with van der Waals surface area (Å²) in [6, 6.07) is 14.9. The molecule has 20 heavy (non-hydrogen) atoms. The van der Waals surface area contributed by atoms with E-state index in [-0.39, 0.29) is 5.97 Å². The Morgan fingerprint density at radius 1 is 1.25 bits per heavy atom. The van der Waals surface area contributed by atoms with E-state index in [0.29, 0.717) is 5.75 Å². The van der Waals surface area contributed by atoms with Crippen LogP contribution in [-0.4, -0.2) is 12.2 Å². The first-order chi connectivity index (χ1) is 9.65. The summed E-state index contributed by atoms with van der Waals surface area (Å²) in [5.41, 5.74) is 4.63. The second-order valence-electron chi connectivity index (χ2n) is 4.01. The van der Waals surface area contributed by atoms with E-state index < -0.39 is 0 Å². The number of hydrogen-bond acceptors (Lipinski definition) is 4. The number of ether oxygens (including phenoxy) is 1. The second kappa shape index (κ2) is 6.86. The predicted molar refractivity (Wildman–Crippen MR) is 83.1 cm³/mol. The molecular weight excluding hydrogens is 320 g/mol. The molecule has 4 nitrogen and oxygen atoms in total. The molecule has 0 aliphatic carbocycles. The molecule has 102 valence electrons. The van der Waals surface area contributed by atoms with Crippen molar-refractivity contribution < 1.29 is 9.53 Å². The molecule has 0 unspecified atom stereocenters. The monoisotopic (exact) mass is 332 g/mol. The Kier molecular flexibility index (Phi) is 4.90. The van der Waals surface area contributed by atoms with Crippen molar-refractivity contribution >= 4 is 33.8 Å². The van der Waals surface area contributed by atoms with Crippen LogP contribution in [-0.2, 0) is 4.79 Å². The largest absolute Gasteiger partial charge is 0.427 e. The van der Waals surface area contributed by atoms with Crippen LogP contribution in [0.5, 0.6) is 5.75 Å². The lowest BCUT2D eigenvalue weighted by Crippen LogP contribution is -2.02. The lowest BCUT2D eigenvalue weighted by atomic mass is 10.2. The molecule has 1 N–H and O–H groups in total. The zero-order valence-corrected chi connectivity index (χ0v) is 12.4. The van der Waals surface area contributed by atoms with Crippen LogP contribution in [0.15, 0.2) is 58.1 Å². The molecule has 2 aromatic rings. The number of carbonyl (C=O) groups is 1. The Morgan fingerprint density at radius 3 is 2.70 bits per heavy atom. The van der Waals surface area contributed by atoms with Gasteiger partial charge in [-0.2, -0.15) is 5.10 Å². The third-order valence-corrected chi connectivity index (χ3v) is 3.12. The SMILES string of the molecule is CC(=O)Oc1ccc(Br)c(C=NNc2ccccc2)c1. The van der Waals surface area contributed by atoms with Gasteiger partial charge in [0.05, 0.1) is 11.9 Å². The van der Waals surface area contributed by atoms with E-state index in [9.17, 15) is 4.79 Å². The number of nitrogens with zero attached hydrogens (tertiary/aromatic N) is 1. The lowest BCUT2D eigenvalue weighted by Gasteiger charge is -2.04. The number of rotatable bonds is 4. The van der Waals surface area contributed by atoms with Gasteiger partial charge in [0.15, 0.2) is 0 Å². The molecule has 0 aliphatic rings. The van der Waals surface area contributed by atoms with E-state index in [1.54, 1.807) is 18.3 Å². The van der Waals surface area contributed by atoms with Crippen LogP contribution in [0.4, 0.5) is 5.69 Å². The topological polar surface area (TPSA) is 50.7 Å². The summed E-state index contributed by atoms with van der Waals surface area (Å²) < 4.78 is 5.90. The standard InChI is InChI=1S/C15H13BrN2O2/c1-11(19)20-14-7-8-15(16)12(9-14)10-17-18-13-5-3-2-4-6-13/h2-10,18H,1H3. The van der Waals surface area contributed by atoms with Crippen LogP contribution in [0.25, 0.3) is 0 Å². The number of carbonyl (C=O) groups excluding carboxylic acids is 1. The van der Waals surface area contributed by atoms with Crippen LogP contribution in [0.3, 0.4) is 0 Å². The van der Waals surface area contributed by atoms with Crippen molar-refractivity contribution in [3.8, 4) is 5.75 Å². The maximum atomic E-state index is 10.9. The van der Waals surface area contributed by atoms with E-state index >= 15 is 0 Å². The fourth-order valence-electron chi connectivity index (χ4n) is 1.54. The van der Waals surface area contributed by atoms with Crippen molar-refractivity contribution in [2.45, 2.75) is 6.92 Å². The zero-order chi connectivity index (χ0) is 14.4. The molecular formula is C15H13BrN2O2. The first-order valence-electron chi connectivity index (χ1n) is 5.97. The van der Waals surface area contributed by atoms with Gasteiger partial charge in [-0.3, -0.25) is 10.2 Å². The molecule has 0 fully saturated rings. The maximum Gasteiger partial charge on any atom is 0.308 e. The molecule has 0 heterocycles. The van der Waals surface area contributed by atoms with Crippen molar-refractivity contribution in [1.29, 1.82) is 0 Å². The van der Waals surface area contributed by atoms with Gasteiger partial charge in [-0.15, -0.1) is 0 Å². The molecule has 0 aromatic heterocycles. The molecule has 0 saturated heterocycles. The quantitative estimate of drug-likeness (QED) is 0.400. The van der Waals surface area contributed by atoms with Crippen molar-refractivity contribution in [3.05, 3.63) is 58.6 Å². The van der Waals surface area contributed by atoms with Gasteiger partial charge in [-0.25, -0.2) is 0 Å². The molecule has 2 aromatic carbocycles. The molecule has 0 radical (unpaired) electrons. The number of hydrogen-bond donors (Lipinski definition) is 1. The Bertz CT molecular complexity index is 627. The van der Waals surface area contributed by atoms with Crippen LogP contribution in [0.1, 0.15) is 12.5 Å². The van der Waals surface area contributed by atoms with Gasteiger partial charge >= 0.3 is 5.97 Å². The molecule has 0 bridgehead atoms. The lowest BCUT2D eigenvalue weighted by molar-refractivity contribution is -0.131. The highest BCUT2D eigenvalue weighted by Gasteiger charge is 2.02. The molecule has 0 atom stereocenters. The number of para-hydroxylation sites is 1. The first kappa shape index (κ1) is 14.3. The van der Waals surface area contributed by atoms with Crippen molar-refractivity contribution in [3.63, 3.8) is 0 Å². The first-order valence-corrected chi connectivity index (χ1v) is 6.76. The average molecular weight is 333 g/mol. The van der Waals surface area contributed by atoms with Gasteiger partial charge in [0, 0.05) is 17.0 Å². The number of anilines is 1. The molecule has 5 heteroatoms. The number of benzene rings is 2. The molecule has 2 rings (SSSR count). The number of nitrogens with one attached hydrogen (secondary N) is 1. The number of esters is 1. The van der Waals surface area contributed by atoms with E-state index in [4.69, 9.17) is 4.74 Å². The summed E-state index contributed by atoms with van der Waals surface area (Å²) in [5, 5.41) is 4.15.